The number of amides is 1. The first-order chi connectivity index (χ1) is 8.08. The standard InChI is InChI=1S/C14H22N2O/c1-4-11(5-2)10(3)16-14(17)12-7-6-8-13(15)9-12/h6-11H,4-5,15H2,1-3H3,(H,16,17). The van der Waals surface area contributed by atoms with Gasteiger partial charge in [-0.2, -0.15) is 0 Å². The van der Waals surface area contributed by atoms with Crippen molar-refractivity contribution in [1.29, 1.82) is 0 Å². The second-order valence-electron chi connectivity index (χ2n) is 4.46. The van der Waals surface area contributed by atoms with Gasteiger partial charge < -0.3 is 11.1 Å². The summed E-state index contributed by atoms with van der Waals surface area (Å²) in [5, 5.41) is 3.03. The number of benzene rings is 1. The first kappa shape index (κ1) is 13.6. The van der Waals surface area contributed by atoms with Crippen LogP contribution >= 0.6 is 0 Å². The molecular weight excluding hydrogens is 212 g/mol. The van der Waals surface area contributed by atoms with E-state index in [1.807, 2.05) is 0 Å². The van der Waals surface area contributed by atoms with Crippen LogP contribution in [0, 0.1) is 5.92 Å². The van der Waals surface area contributed by atoms with Gasteiger partial charge in [-0.3, -0.25) is 4.79 Å². The van der Waals surface area contributed by atoms with Crippen LogP contribution in [-0.4, -0.2) is 11.9 Å². The van der Waals surface area contributed by atoms with Gasteiger partial charge in [0.2, 0.25) is 0 Å². The van der Waals surface area contributed by atoms with E-state index in [-0.39, 0.29) is 11.9 Å². The largest absolute Gasteiger partial charge is 0.399 e. The molecule has 0 aliphatic heterocycles. The van der Waals surface area contributed by atoms with Gasteiger partial charge >= 0.3 is 0 Å². The maximum atomic E-state index is 12.0. The van der Waals surface area contributed by atoms with Gasteiger partial charge in [0.05, 0.1) is 0 Å². The summed E-state index contributed by atoms with van der Waals surface area (Å²) in [4.78, 5) is 12.0. The van der Waals surface area contributed by atoms with Gasteiger partial charge in [0.25, 0.3) is 5.91 Å². The molecule has 0 aromatic heterocycles. The molecule has 1 aromatic carbocycles. The molecule has 17 heavy (non-hydrogen) atoms. The Morgan fingerprint density at radius 3 is 2.53 bits per heavy atom. The lowest BCUT2D eigenvalue weighted by atomic mass is 9.95. The fourth-order valence-corrected chi connectivity index (χ4v) is 2.08. The van der Waals surface area contributed by atoms with Crippen molar-refractivity contribution < 1.29 is 4.79 Å². The summed E-state index contributed by atoms with van der Waals surface area (Å²) in [6, 6.07) is 7.26. The topological polar surface area (TPSA) is 55.1 Å². The maximum absolute atomic E-state index is 12.0. The molecule has 0 saturated heterocycles. The van der Waals surface area contributed by atoms with E-state index in [2.05, 4.69) is 26.1 Å². The van der Waals surface area contributed by atoms with Crippen molar-refractivity contribution >= 4 is 11.6 Å². The summed E-state index contributed by atoms with van der Waals surface area (Å²) in [6.45, 7) is 6.36. The Labute approximate surface area is 103 Å². The highest BCUT2D eigenvalue weighted by Crippen LogP contribution is 2.14. The summed E-state index contributed by atoms with van der Waals surface area (Å²) in [7, 11) is 0. The highest BCUT2D eigenvalue weighted by atomic mass is 16.1. The smallest absolute Gasteiger partial charge is 0.251 e. The number of nitrogen functional groups attached to an aromatic ring is 1. The number of hydrogen-bond donors (Lipinski definition) is 2. The lowest BCUT2D eigenvalue weighted by molar-refractivity contribution is 0.0925. The van der Waals surface area contributed by atoms with Crippen molar-refractivity contribution in [3.63, 3.8) is 0 Å². The maximum Gasteiger partial charge on any atom is 0.251 e. The fourth-order valence-electron chi connectivity index (χ4n) is 2.08. The highest BCUT2D eigenvalue weighted by molar-refractivity contribution is 5.95. The molecule has 0 spiro atoms. The zero-order valence-electron chi connectivity index (χ0n) is 10.9. The Hall–Kier alpha value is -1.51. The van der Waals surface area contributed by atoms with Crippen LogP contribution in [0.1, 0.15) is 44.0 Å². The molecule has 1 unspecified atom stereocenters. The molecule has 0 bridgehead atoms. The Morgan fingerprint density at radius 2 is 2.00 bits per heavy atom. The van der Waals surface area contributed by atoms with Crippen LogP contribution in [-0.2, 0) is 0 Å². The van der Waals surface area contributed by atoms with E-state index in [0.29, 0.717) is 17.2 Å². The average molecular weight is 234 g/mol. The third kappa shape index (κ3) is 3.77. The molecular formula is C14H22N2O. The number of carbonyl (C=O) groups is 1. The fraction of sp³-hybridized carbons (Fsp3) is 0.500. The minimum atomic E-state index is -0.0447. The number of anilines is 1. The summed E-state index contributed by atoms with van der Waals surface area (Å²) in [6.07, 6.45) is 2.16. The quantitative estimate of drug-likeness (QED) is 0.770. The number of carbonyl (C=O) groups excluding carboxylic acids is 1. The first-order valence-corrected chi connectivity index (χ1v) is 6.24. The van der Waals surface area contributed by atoms with Crippen LogP contribution in [0.5, 0.6) is 0 Å². The van der Waals surface area contributed by atoms with Gasteiger partial charge in [0.1, 0.15) is 0 Å². The molecule has 94 valence electrons. The molecule has 0 heterocycles. The number of hydrogen-bond acceptors (Lipinski definition) is 2. The second kappa shape index (κ2) is 6.28. The Morgan fingerprint density at radius 1 is 1.35 bits per heavy atom. The van der Waals surface area contributed by atoms with Gasteiger partial charge in [-0.15, -0.1) is 0 Å². The van der Waals surface area contributed by atoms with Gasteiger partial charge in [-0.1, -0.05) is 32.8 Å². The van der Waals surface area contributed by atoms with Gasteiger partial charge in [-0.05, 0) is 31.0 Å². The van der Waals surface area contributed by atoms with E-state index in [0.717, 1.165) is 12.8 Å². The monoisotopic (exact) mass is 234 g/mol. The van der Waals surface area contributed by atoms with E-state index in [9.17, 15) is 4.79 Å². The lowest BCUT2D eigenvalue weighted by Crippen LogP contribution is -2.37. The molecule has 1 aromatic rings. The second-order valence-corrected chi connectivity index (χ2v) is 4.46. The third-order valence-electron chi connectivity index (χ3n) is 3.26. The van der Waals surface area contributed by atoms with Crippen molar-refractivity contribution in [2.45, 2.75) is 39.7 Å². The highest BCUT2D eigenvalue weighted by Gasteiger charge is 2.16. The molecule has 0 aliphatic carbocycles. The normalized spacial score (nSPS) is 12.5. The molecule has 0 aliphatic rings. The van der Waals surface area contributed by atoms with Crippen LogP contribution in [0.2, 0.25) is 0 Å². The summed E-state index contributed by atoms with van der Waals surface area (Å²) < 4.78 is 0. The van der Waals surface area contributed by atoms with E-state index < -0.39 is 0 Å². The number of rotatable bonds is 5. The molecule has 0 fully saturated rings. The first-order valence-electron chi connectivity index (χ1n) is 6.24. The van der Waals surface area contributed by atoms with E-state index >= 15 is 0 Å². The van der Waals surface area contributed by atoms with Crippen LogP contribution < -0.4 is 11.1 Å². The van der Waals surface area contributed by atoms with Gasteiger partial charge in [0, 0.05) is 17.3 Å². The van der Waals surface area contributed by atoms with Crippen molar-refractivity contribution in [1.82, 2.24) is 5.32 Å². The molecule has 0 radical (unpaired) electrons. The van der Waals surface area contributed by atoms with Crippen molar-refractivity contribution in [2.75, 3.05) is 5.73 Å². The van der Waals surface area contributed by atoms with Crippen LogP contribution in [0.25, 0.3) is 0 Å². The Bertz CT molecular complexity index is 372. The minimum absolute atomic E-state index is 0.0447. The molecule has 3 nitrogen and oxygen atoms in total. The predicted molar refractivity (Wildman–Crippen MR) is 71.9 cm³/mol. The van der Waals surface area contributed by atoms with E-state index in [4.69, 9.17) is 5.73 Å². The molecule has 3 N–H and O–H groups in total. The zero-order valence-corrected chi connectivity index (χ0v) is 10.9. The predicted octanol–water partition coefficient (Wildman–Crippen LogP) is 2.82. The minimum Gasteiger partial charge on any atom is -0.399 e. The summed E-state index contributed by atoms with van der Waals surface area (Å²) >= 11 is 0. The van der Waals surface area contributed by atoms with Crippen LogP contribution in [0.4, 0.5) is 5.69 Å². The van der Waals surface area contributed by atoms with Crippen molar-refractivity contribution in [3.05, 3.63) is 29.8 Å². The van der Waals surface area contributed by atoms with Crippen LogP contribution in [0.3, 0.4) is 0 Å². The average Bonchev–Trinajstić information content (AvgIpc) is 2.30. The van der Waals surface area contributed by atoms with Crippen molar-refractivity contribution in [3.8, 4) is 0 Å². The van der Waals surface area contributed by atoms with Crippen molar-refractivity contribution in [2.24, 2.45) is 5.92 Å². The third-order valence-corrected chi connectivity index (χ3v) is 3.26. The number of nitrogens with two attached hydrogens (primary N) is 1. The zero-order chi connectivity index (χ0) is 12.8. The number of nitrogens with one attached hydrogen (secondary N) is 1. The van der Waals surface area contributed by atoms with Gasteiger partial charge in [-0.25, -0.2) is 0 Å². The van der Waals surface area contributed by atoms with Gasteiger partial charge in [0.15, 0.2) is 0 Å². The van der Waals surface area contributed by atoms with E-state index in [1.165, 1.54) is 0 Å². The molecule has 0 saturated carbocycles. The molecule has 1 atom stereocenters. The Kier molecular flexibility index (Phi) is 5.01. The summed E-state index contributed by atoms with van der Waals surface area (Å²) in [5.41, 5.74) is 6.91. The molecule has 1 rings (SSSR count). The lowest BCUT2D eigenvalue weighted by Gasteiger charge is -2.22. The molecule has 3 heteroatoms. The Balaban J connectivity index is 2.66. The van der Waals surface area contributed by atoms with Crippen LogP contribution in [0.15, 0.2) is 24.3 Å². The SMILES string of the molecule is CCC(CC)C(C)NC(=O)c1cccc(N)c1. The molecule has 1 amide bonds. The van der Waals surface area contributed by atoms with E-state index in [1.54, 1.807) is 24.3 Å². The summed E-state index contributed by atoms with van der Waals surface area (Å²) in [5.74, 6) is 0.483.